The molecule has 7 heteroatoms. The van der Waals surface area contributed by atoms with Gasteiger partial charge >= 0.3 is 0 Å². The van der Waals surface area contributed by atoms with Gasteiger partial charge in [0.25, 0.3) is 0 Å². The zero-order valence-corrected chi connectivity index (χ0v) is 13.7. The van der Waals surface area contributed by atoms with Gasteiger partial charge in [-0.3, -0.25) is 4.79 Å². The normalized spacial score (nSPS) is 14.0. The summed E-state index contributed by atoms with van der Waals surface area (Å²) in [6, 6.07) is 8.65. The molecule has 2 N–H and O–H groups in total. The number of amides is 1. The number of carbonyl (C=O) groups excluding carboxylic acids is 1. The van der Waals surface area contributed by atoms with Crippen LogP contribution in [0.5, 0.6) is 11.5 Å². The summed E-state index contributed by atoms with van der Waals surface area (Å²) in [5.41, 5.74) is 1.09. The van der Waals surface area contributed by atoms with Gasteiger partial charge in [-0.15, -0.1) is 0 Å². The molecule has 0 radical (unpaired) electrons. The molecule has 0 fully saturated rings. The summed E-state index contributed by atoms with van der Waals surface area (Å²) in [5.74, 6) is 0.571. The van der Waals surface area contributed by atoms with Crippen LogP contribution < -0.4 is 20.1 Å². The standard InChI is InChI=1S/C17H16ClFN2O3/c1-10(17(22)21-14-4-2-11(19)8-13(14)18)20-12-3-5-15-16(9-12)24-7-6-23-15/h2-5,8-10,20H,6-7H2,1H3,(H,21,22)/t10-/m0/s1. The molecule has 5 nitrogen and oxygen atoms in total. The maximum absolute atomic E-state index is 13.0. The lowest BCUT2D eigenvalue weighted by Crippen LogP contribution is -2.32. The van der Waals surface area contributed by atoms with Crippen LogP contribution in [0.4, 0.5) is 15.8 Å². The first kappa shape index (κ1) is 16.4. The minimum Gasteiger partial charge on any atom is -0.486 e. The van der Waals surface area contributed by atoms with E-state index < -0.39 is 11.9 Å². The van der Waals surface area contributed by atoms with Gasteiger partial charge in [-0.05, 0) is 37.3 Å². The number of fused-ring (bicyclic) bond motifs is 1. The van der Waals surface area contributed by atoms with Gasteiger partial charge in [-0.25, -0.2) is 4.39 Å². The van der Waals surface area contributed by atoms with Crippen molar-refractivity contribution < 1.29 is 18.7 Å². The average Bonchev–Trinajstić information content (AvgIpc) is 2.57. The van der Waals surface area contributed by atoms with Gasteiger partial charge in [0.2, 0.25) is 5.91 Å². The van der Waals surface area contributed by atoms with Crippen molar-refractivity contribution in [1.29, 1.82) is 0 Å². The molecular formula is C17H16ClFN2O3. The summed E-state index contributed by atoms with van der Waals surface area (Å²) in [6.07, 6.45) is 0. The summed E-state index contributed by atoms with van der Waals surface area (Å²) in [4.78, 5) is 12.3. The van der Waals surface area contributed by atoms with E-state index in [1.165, 1.54) is 12.1 Å². The van der Waals surface area contributed by atoms with Crippen LogP contribution in [0.1, 0.15) is 6.92 Å². The first-order valence-corrected chi connectivity index (χ1v) is 7.83. The third-order valence-corrected chi connectivity index (χ3v) is 3.82. The van der Waals surface area contributed by atoms with E-state index in [2.05, 4.69) is 10.6 Å². The molecule has 0 bridgehead atoms. The number of carbonyl (C=O) groups is 1. The van der Waals surface area contributed by atoms with E-state index in [1.54, 1.807) is 19.1 Å². The number of benzene rings is 2. The predicted octanol–water partition coefficient (Wildman–Crippen LogP) is 3.69. The summed E-state index contributed by atoms with van der Waals surface area (Å²) in [7, 11) is 0. The Morgan fingerprint density at radius 2 is 1.92 bits per heavy atom. The zero-order valence-electron chi connectivity index (χ0n) is 12.9. The van der Waals surface area contributed by atoms with Crippen LogP contribution in [-0.4, -0.2) is 25.2 Å². The molecule has 0 aliphatic carbocycles. The maximum Gasteiger partial charge on any atom is 0.246 e. The van der Waals surface area contributed by atoms with Gasteiger partial charge in [0, 0.05) is 11.8 Å². The van der Waals surface area contributed by atoms with Crippen molar-refractivity contribution in [3.8, 4) is 11.5 Å². The Morgan fingerprint density at radius 3 is 2.67 bits per heavy atom. The minimum atomic E-state index is -0.534. The minimum absolute atomic E-state index is 0.148. The lowest BCUT2D eigenvalue weighted by molar-refractivity contribution is -0.116. The Kier molecular flexibility index (Phi) is 4.76. The SMILES string of the molecule is C[C@H](Nc1ccc2c(c1)OCCO2)C(=O)Nc1ccc(F)cc1Cl. The predicted molar refractivity (Wildman–Crippen MR) is 90.6 cm³/mol. The van der Waals surface area contributed by atoms with Gasteiger partial charge in [0.05, 0.1) is 10.7 Å². The second kappa shape index (κ2) is 6.97. The molecule has 1 amide bonds. The number of hydrogen-bond acceptors (Lipinski definition) is 4. The number of anilines is 2. The molecule has 1 atom stereocenters. The molecular weight excluding hydrogens is 335 g/mol. The van der Waals surface area contributed by atoms with E-state index in [4.69, 9.17) is 21.1 Å². The second-order valence-corrected chi connectivity index (χ2v) is 5.75. The summed E-state index contributed by atoms with van der Waals surface area (Å²) in [5, 5.41) is 5.89. The lowest BCUT2D eigenvalue weighted by Gasteiger charge is -2.20. The number of hydrogen-bond donors (Lipinski definition) is 2. The van der Waals surface area contributed by atoms with E-state index in [1.807, 2.05) is 6.07 Å². The zero-order chi connectivity index (χ0) is 17.1. The molecule has 0 spiro atoms. The van der Waals surface area contributed by atoms with Gasteiger partial charge in [-0.2, -0.15) is 0 Å². The van der Waals surface area contributed by atoms with Crippen molar-refractivity contribution in [3.05, 3.63) is 47.2 Å². The Labute approximate surface area is 143 Å². The third kappa shape index (κ3) is 3.71. The van der Waals surface area contributed by atoms with E-state index in [0.29, 0.717) is 30.4 Å². The molecule has 126 valence electrons. The van der Waals surface area contributed by atoms with E-state index in [0.717, 1.165) is 11.8 Å². The Hall–Kier alpha value is -2.47. The first-order chi connectivity index (χ1) is 11.5. The van der Waals surface area contributed by atoms with Crippen molar-refractivity contribution in [2.24, 2.45) is 0 Å². The number of ether oxygens (including phenoxy) is 2. The van der Waals surface area contributed by atoms with Crippen LogP contribution >= 0.6 is 11.6 Å². The molecule has 0 saturated carbocycles. The van der Waals surface area contributed by atoms with Crippen LogP contribution in [-0.2, 0) is 4.79 Å². The number of nitrogens with one attached hydrogen (secondary N) is 2. The fraction of sp³-hybridized carbons (Fsp3) is 0.235. The largest absolute Gasteiger partial charge is 0.486 e. The van der Waals surface area contributed by atoms with E-state index in [-0.39, 0.29) is 10.9 Å². The molecule has 2 aromatic carbocycles. The topological polar surface area (TPSA) is 59.6 Å². The van der Waals surface area contributed by atoms with Crippen LogP contribution in [0.15, 0.2) is 36.4 Å². The number of rotatable bonds is 4. The summed E-state index contributed by atoms with van der Waals surface area (Å²) < 4.78 is 24.0. The Balaban J connectivity index is 1.65. The Bertz CT molecular complexity index is 769. The van der Waals surface area contributed by atoms with Crippen molar-refractivity contribution in [1.82, 2.24) is 0 Å². The van der Waals surface area contributed by atoms with E-state index >= 15 is 0 Å². The molecule has 1 aliphatic heterocycles. The smallest absolute Gasteiger partial charge is 0.246 e. The summed E-state index contributed by atoms with van der Waals surface area (Å²) >= 11 is 5.91. The Morgan fingerprint density at radius 1 is 1.17 bits per heavy atom. The average molecular weight is 351 g/mol. The van der Waals surface area contributed by atoms with Gasteiger partial charge in [0.1, 0.15) is 25.1 Å². The van der Waals surface area contributed by atoms with Crippen molar-refractivity contribution in [2.45, 2.75) is 13.0 Å². The van der Waals surface area contributed by atoms with Crippen LogP contribution in [0.3, 0.4) is 0 Å². The quantitative estimate of drug-likeness (QED) is 0.883. The van der Waals surface area contributed by atoms with Crippen molar-refractivity contribution in [2.75, 3.05) is 23.8 Å². The van der Waals surface area contributed by atoms with Crippen LogP contribution in [0, 0.1) is 5.82 Å². The molecule has 0 saturated heterocycles. The summed E-state index contributed by atoms with van der Waals surface area (Å²) in [6.45, 7) is 2.73. The molecule has 24 heavy (non-hydrogen) atoms. The molecule has 0 aromatic heterocycles. The van der Waals surface area contributed by atoms with Gasteiger partial charge in [-0.1, -0.05) is 11.6 Å². The highest BCUT2D eigenvalue weighted by Gasteiger charge is 2.17. The lowest BCUT2D eigenvalue weighted by atomic mass is 10.2. The van der Waals surface area contributed by atoms with Crippen molar-refractivity contribution in [3.63, 3.8) is 0 Å². The van der Waals surface area contributed by atoms with Gasteiger partial charge < -0.3 is 20.1 Å². The second-order valence-electron chi connectivity index (χ2n) is 5.34. The number of halogens is 2. The monoisotopic (exact) mass is 350 g/mol. The molecule has 0 unspecified atom stereocenters. The van der Waals surface area contributed by atoms with Crippen LogP contribution in [0.25, 0.3) is 0 Å². The molecule has 1 aliphatic rings. The van der Waals surface area contributed by atoms with E-state index in [9.17, 15) is 9.18 Å². The van der Waals surface area contributed by atoms with Crippen molar-refractivity contribution >= 4 is 28.9 Å². The highest BCUT2D eigenvalue weighted by molar-refractivity contribution is 6.33. The maximum atomic E-state index is 13.0. The fourth-order valence-corrected chi connectivity index (χ4v) is 2.49. The first-order valence-electron chi connectivity index (χ1n) is 7.45. The molecule has 3 rings (SSSR count). The highest BCUT2D eigenvalue weighted by Crippen LogP contribution is 2.32. The molecule has 1 heterocycles. The van der Waals surface area contributed by atoms with Crippen LogP contribution in [0.2, 0.25) is 5.02 Å². The highest BCUT2D eigenvalue weighted by atomic mass is 35.5. The third-order valence-electron chi connectivity index (χ3n) is 3.51. The molecule has 2 aromatic rings. The van der Waals surface area contributed by atoms with Gasteiger partial charge in [0.15, 0.2) is 11.5 Å². The fourth-order valence-electron chi connectivity index (χ4n) is 2.28.